The Hall–Kier alpha value is -3.06. The third kappa shape index (κ3) is 8.76. The van der Waals surface area contributed by atoms with E-state index in [-0.39, 0.29) is 11.8 Å². The van der Waals surface area contributed by atoms with Gasteiger partial charge in [-0.3, -0.25) is 9.59 Å². The first-order chi connectivity index (χ1) is 17.7. The number of carbonyl (C=O) groups excluding carboxylic acids is 3. The molecule has 2 rings (SSSR count). The van der Waals surface area contributed by atoms with Crippen molar-refractivity contribution in [2.75, 3.05) is 11.9 Å². The lowest BCUT2D eigenvalue weighted by Gasteiger charge is -2.34. The van der Waals surface area contributed by atoms with Gasteiger partial charge in [0.05, 0.1) is 10.7 Å². The minimum atomic E-state index is -0.933. The Morgan fingerprint density at radius 1 is 1.03 bits per heavy atom. The van der Waals surface area contributed by atoms with Crippen LogP contribution in [0.4, 0.5) is 10.5 Å². The van der Waals surface area contributed by atoms with Crippen molar-refractivity contribution < 1.29 is 19.1 Å². The molecule has 0 spiro atoms. The predicted octanol–water partition coefficient (Wildman–Crippen LogP) is 6.88. The lowest BCUT2D eigenvalue weighted by atomic mass is 9.95. The van der Waals surface area contributed by atoms with Crippen molar-refractivity contribution in [3.05, 3.63) is 63.7 Å². The highest BCUT2D eigenvalue weighted by Gasteiger charge is 2.35. The van der Waals surface area contributed by atoms with Crippen molar-refractivity contribution in [2.24, 2.45) is 0 Å². The van der Waals surface area contributed by atoms with Crippen molar-refractivity contribution in [1.82, 2.24) is 10.2 Å². The Bertz CT molecular complexity index is 1120. The molecule has 0 heterocycles. The second-order valence-electron chi connectivity index (χ2n) is 10.8. The third-order valence-electron chi connectivity index (χ3n) is 6.15. The molecule has 0 aliphatic carbocycles. The predicted molar refractivity (Wildman–Crippen MR) is 154 cm³/mol. The standard InChI is InChI=1S/C30H42ClN3O4/c1-9-10-11-17-34(28(36)22(5)32-29(37)38-30(6,7)8)26(23-18-19(2)15-16-20(23)3)27(35)33-25-21(4)13-12-14-24(25)31/h12-16,18,22,26H,9-11,17H2,1-8H3,(H,32,37)(H,33,35). The second kappa shape index (κ2) is 13.7. The van der Waals surface area contributed by atoms with E-state index >= 15 is 0 Å². The smallest absolute Gasteiger partial charge is 0.408 e. The van der Waals surface area contributed by atoms with Crippen molar-refractivity contribution in [2.45, 2.75) is 92.3 Å². The maximum absolute atomic E-state index is 14.0. The molecule has 2 atom stereocenters. The van der Waals surface area contributed by atoms with E-state index in [0.29, 0.717) is 23.7 Å². The molecule has 7 nitrogen and oxygen atoms in total. The molecule has 0 saturated heterocycles. The number of halogens is 1. The summed E-state index contributed by atoms with van der Waals surface area (Å²) in [6, 6.07) is 9.42. The van der Waals surface area contributed by atoms with Crippen LogP contribution in [0.3, 0.4) is 0 Å². The number of ether oxygens (including phenoxy) is 1. The Morgan fingerprint density at radius 3 is 2.32 bits per heavy atom. The number of anilines is 1. The van der Waals surface area contributed by atoms with E-state index in [0.717, 1.165) is 35.1 Å². The monoisotopic (exact) mass is 543 g/mol. The van der Waals surface area contributed by atoms with Crippen LogP contribution in [0.25, 0.3) is 0 Å². The zero-order valence-corrected chi connectivity index (χ0v) is 24.7. The maximum atomic E-state index is 14.0. The van der Waals surface area contributed by atoms with Crippen LogP contribution >= 0.6 is 11.6 Å². The molecular formula is C30H42ClN3O4. The Kier molecular flexibility index (Phi) is 11.2. The number of unbranched alkanes of at least 4 members (excludes halogenated alkanes) is 2. The fourth-order valence-electron chi connectivity index (χ4n) is 4.18. The van der Waals surface area contributed by atoms with Gasteiger partial charge >= 0.3 is 6.09 Å². The highest BCUT2D eigenvalue weighted by atomic mass is 35.5. The molecule has 0 aliphatic heterocycles. The minimum Gasteiger partial charge on any atom is -0.444 e. The van der Waals surface area contributed by atoms with Gasteiger partial charge in [-0.15, -0.1) is 0 Å². The van der Waals surface area contributed by atoms with Crippen molar-refractivity contribution in [1.29, 1.82) is 0 Å². The molecule has 0 fully saturated rings. The molecule has 0 saturated carbocycles. The molecule has 3 amide bonds. The number of carbonyl (C=O) groups is 3. The number of rotatable bonds is 10. The van der Waals surface area contributed by atoms with E-state index in [9.17, 15) is 14.4 Å². The molecule has 2 N–H and O–H groups in total. The van der Waals surface area contributed by atoms with Gasteiger partial charge < -0.3 is 20.3 Å². The maximum Gasteiger partial charge on any atom is 0.408 e. The third-order valence-corrected chi connectivity index (χ3v) is 6.46. The van der Waals surface area contributed by atoms with Gasteiger partial charge in [0.1, 0.15) is 17.7 Å². The first-order valence-electron chi connectivity index (χ1n) is 13.2. The fraction of sp³-hybridized carbons (Fsp3) is 0.500. The van der Waals surface area contributed by atoms with Gasteiger partial charge in [-0.05, 0) is 77.6 Å². The molecule has 0 aliphatic rings. The summed E-state index contributed by atoms with van der Waals surface area (Å²) in [5.41, 5.74) is 3.19. The lowest BCUT2D eigenvalue weighted by Crippen LogP contribution is -2.51. The number of nitrogens with zero attached hydrogens (tertiary/aromatic N) is 1. The van der Waals surface area contributed by atoms with Crippen LogP contribution in [0.1, 0.15) is 82.2 Å². The summed E-state index contributed by atoms with van der Waals surface area (Å²) >= 11 is 6.43. The van der Waals surface area contributed by atoms with Gasteiger partial charge in [0, 0.05) is 6.54 Å². The highest BCUT2D eigenvalue weighted by Crippen LogP contribution is 2.31. The van der Waals surface area contributed by atoms with Crippen LogP contribution < -0.4 is 10.6 Å². The van der Waals surface area contributed by atoms with Gasteiger partial charge in [0.2, 0.25) is 5.91 Å². The lowest BCUT2D eigenvalue weighted by molar-refractivity contribution is -0.140. The molecular weight excluding hydrogens is 502 g/mol. The number of benzene rings is 2. The van der Waals surface area contributed by atoms with Crippen LogP contribution in [-0.4, -0.2) is 41.0 Å². The van der Waals surface area contributed by atoms with E-state index in [1.54, 1.807) is 38.7 Å². The summed E-state index contributed by atoms with van der Waals surface area (Å²) in [6.07, 6.45) is 1.86. The van der Waals surface area contributed by atoms with Crippen molar-refractivity contribution >= 4 is 35.2 Å². The molecule has 38 heavy (non-hydrogen) atoms. The molecule has 2 aromatic carbocycles. The summed E-state index contributed by atoms with van der Waals surface area (Å²) in [6.45, 7) is 15.0. The summed E-state index contributed by atoms with van der Waals surface area (Å²) < 4.78 is 5.35. The number of alkyl carbamates (subject to hydrolysis) is 1. The second-order valence-corrected chi connectivity index (χ2v) is 11.2. The average Bonchev–Trinajstić information content (AvgIpc) is 2.81. The normalized spacial score (nSPS) is 12.9. The average molecular weight is 544 g/mol. The molecule has 8 heteroatoms. The number of hydrogen-bond donors (Lipinski definition) is 2. The quantitative estimate of drug-likeness (QED) is 0.320. The summed E-state index contributed by atoms with van der Waals surface area (Å²) in [4.78, 5) is 41.9. The minimum absolute atomic E-state index is 0.347. The first-order valence-corrected chi connectivity index (χ1v) is 13.6. The highest BCUT2D eigenvalue weighted by molar-refractivity contribution is 6.34. The molecule has 0 aromatic heterocycles. The largest absolute Gasteiger partial charge is 0.444 e. The van der Waals surface area contributed by atoms with E-state index < -0.39 is 23.8 Å². The van der Waals surface area contributed by atoms with E-state index in [1.807, 2.05) is 51.1 Å². The van der Waals surface area contributed by atoms with Crippen molar-refractivity contribution in [3.8, 4) is 0 Å². The topological polar surface area (TPSA) is 87.7 Å². The van der Waals surface area contributed by atoms with Crippen molar-refractivity contribution in [3.63, 3.8) is 0 Å². The van der Waals surface area contributed by atoms with Gasteiger partial charge in [-0.2, -0.15) is 0 Å². The van der Waals surface area contributed by atoms with E-state index in [4.69, 9.17) is 16.3 Å². The van der Waals surface area contributed by atoms with Gasteiger partial charge in [0.15, 0.2) is 0 Å². The number of amides is 3. The molecule has 2 unspecified atom stereocenters. The molecule has 208 valence electrons. The number of para-hydroxylation sites is 1. The van der Waals surface area contributed by atoms with Crippen LogP contribution in [0.5, 0.6) is 0 Å². The molecule has 0 bridgehead atoms. The van der Waals surface area contributed by atoms with E-state index in [1.165, 1.54) is 0 Å². The zero-order valence-electron chi connectivity index (χ0n) is 23.9. The van der Waals surface area contributed by atoms with Gasteiger partial charge in [0.25, 0.3) is 5.91 Å². The van der Waals surface area contributed by atoms with Crippen LogP contribution in [0, 0.1) is 20.8 Å². The van der Waals surface area contributed by atoms with Crippen LogP contribution in [-0.2, 0) is 14.3 Å². The molecule has 2 aromatic rings. The SMILES string of the molecule is CCCCCN(C(=O)C(C)NC(=O)OC(C)(C)C)C(C(=O)Nc1c(C)cccc1Cl)c1cc(C)ccc1C. The summed E-state index contributed by atoms with van der Waals surface area (Å²) in [5.74, 6) is -0.742. The number of nitrogens with one attached hydrogen (secondary N) is 2. The summed E-state index contributed by atoms with van der Waals surface area (Å²) in [7, 11) is 0. The number of aryl methyl sites for hydroxylation is 3. The van der Waals surface area contributed by atoms with Crippen LogP contribution in [0.2, 0.25) is 5.02 Å². The van der Waals surface area contributed by atoms with Crippen LogP contribution in [0.15, 0.2) is 36.4 Å². The Morgan fingerprint density at radius 2 is 1.71 bits per heavy atom. The summed E-state index contributed by atoms with van der Waals surface area (Å²) in [5, 5.41) is 6.04. The van der Waals surface area contributed by atoms with Gasteiger partial charge in [-0.1, -0.05) is 67.3 Å². The van der Waals surface area contributed by atoms with Gasteiger partial charge in [-0.25, -0.2) is 4.79 Å². The van der Waals surface area contributed by atoms with E-state index in [2.05, 4.69) is 17.6 Å². The number of hydrogen-bond acceptors (Lipinski definition) is 4. The Balaban J connectivity index is 2.54. The Labute approximate surface area is 232 Å². The fourth-order valence-corrected chi connectivity index (χ4v) is 4.45. The molecule has 0 radical (unpaired) electrons. The first kappa shape index (κ1) is 31.2. The zero-order chi connectivity index (χ0) is 28.6.